The number of fused-ring (bicyclic) bond motifs is 2. The quantitative estimate of drug-likeness (QED) is 0.348. The van der Waals surface area contributed by atoms with E-state index in [9.17, 15) is 4.79 Å². The highest BCUT2D eigenvalue weighted by Crippen LogP contribution is 2.30. The number of carbonyl (C=O) groups is 1. The van der Waals surface area contributed by atoms with E-state index in [0.29, 0.717) is 16.3 Å². The van der Waals surface area contributed by atoms with Crippen molar-refractivity contribution in [1.29, 1.82) is 0 Å². The van der Waals surface area contributed by atoms with Gasteiger partial charge in [0.05, 0.1) is 17.5 Å². The maximum absolute atomic E-state index is 12.8. The van der Waals surface area contributed by atoms with Gasteiger partial charge in [0, 0.05) is 22.5 Å². The number of carbonyl (C=O) groups excluding carboxylic acids is 1. The van der Waals surface area contributed by atoms with Gasteiger partial charge in [-0.3, -0.25) is 4.79 Å². The van der Waals surface area contributed by atoms with Crippen molar-refractivity contribution in [2.24, 2.45) is 0 Å². The molecule has 2 aromatic heterocycles. The summed E-state index contributed by atoms with van der Waals surface area (Å²) in [5, 5.41) is 4.89. The summed E-state index contributed by atoms with van der Waals surface area (Å²) in [6, 6.07) is 26.6. The summed E-state index contributed by atoms with van der Waals surface area (Å²) in [5.74, 6) is 2.06. The van der Waals surface area contributed by atoms with Crippen molar-refractivity contribution < 1.29 is 14.3 Å². The Morgan fingerprint density at radius 2 is 1.58 bits per heavy atom. The number of nitrogens with one attached hydrogen (secondary N) is 1. The molecule has 0 spiro atoms. The van der Waals surface area contributed by atoms with Crippen LogP contribution in [0.25, 0.3) is 21.1 Å². The Kier molecular flexibility index (Phi) is 4.98. The number of benzene rings is 3. The Labute approximate surface area is 182 Å². The SMILES string of the molecule is COc1ccc2cc3cc(C(=O)Nc4ccc(Oc5ccccc5)cc4)sc3nc2c1. The lowest BCUT2D eigenvalue weighted by Crippen LogP contribution is -2.09. The van der Waals surface area contributed by atoms with Crippen LogP contribution in [0.2, 0.25) is 0 Å². The molecule has 6 heteroatoms. The van der Waals surface area contributed by atoms with E-state index in [0.717, 1.165) is 32.6 Å². The molecule has 0 fully saturated rings. The predicted octanol–water partition coefficient (Wildman–Crippen LogP) is 6.50. The standard InChI is InChI=1S/C25H18N2O3S/c1-29-21-10-7-16-13-17-14-23(31-25(17)27-22(16)15-21)24(28)26-18-8-11-20(12-9-18)30-19-5-3-2-4-6-19/h2-15H,1H3,(H,26,28). The molecular weight excluding hydrogens is 408 g/mol. The van der Waals surface area contributed by atoms with E-state index in [1.165, 1.54) is 11.3 Å². The number of anilines is 1. The van der Waals surface area contributed by atoms with Crippen LogP contribution in [0.1, 0.15) is 9.67 Å². The van der Waals surface area contributed by atoms with Gasteiger partial charge >= 0.3 is 0 Å². The van der Waals surface area contributed by atoms with E-state index in [2.05, 4.69) is 10.3 Å². The smallest absolute Gasteiger partial charge is 0.265 e. The minimum atomic E-state index is -0.165. The molecular formula is C25H18N2O3S. The van der Waals surface area contributed by atoms with Gasteiger partial charge in [-0.15, -0.1) is 11.3 Å². The van der Waals surface area contributed by atoms with Crippen LogP contribution in [0.4, 0.5) is 5.69 Å². The number of aromatic nitrogens is 1. The molecule has 0 aliphatic heterocycles. The zero-order valence-electron chi connectivity index (χ0n) is 16.7. The lowest BCUT2D eigenvalue weighted by atomic mass is 10.2. The number of amides is 1. The first-order chi connectivity index (χ1) is 15.2. The normalized spacial score (nSPS) is 10.9. The number of methoxy groups -OCH3 is 1. The number of ether oxygens (including phenoxy) is 2. The zero-order valence-corrected chi connectivity index (χ0v) is 17.5. The van der Waals surface area contributed by atoms with Crippen LogP contribution < -0.4 is 14.8 Å². The summed E-state index contributed by atoms with van der Waals surface area (Å²) in [6.45, 7) is 0. The fourth-order valence-corrected chi connectivity index (χ4v) is 4.19. The minimum Gasteiger partial charge on any atom is -0.497 e. The fourth-order valence-electron chi connectivity index (χ4n) is 3.27. The number of thiophene rings is 1. The number of nitrogens with zero attached hydrogens (tertiary/aromatic N) is 1. The van der Waals surface area contributed by atoms with Crippen LogP contribution in [-0.2, 0) is 0 Å². The van der Waals surface area contributed by atoms with Gasteiger partial charge in [0.25, 0.3) is 5.91 Å². The second-order valence-corrected chi connectivity index (χ2v) is 7.98. The largest absolute Gasteiger partial charge is 0.497 e. The number of rotatable bonds is 5. The first-order valence-electron chi connectivity index (χ1n) is 9.70. The highest BCUT2D eigenvalue weighted by atomic mass is 32.1. The van der Waals surface area contributed by atoms with Crippen molar-refractivity contribution in [3.05, 3.63) is 89.8 Å². The Balaban J connectivity index is 1.34. The van der Waals surface area contributed by atoms with E-state index >= 15 is 0 Å². The summed E-state index contributed by atoms with van der Waals surface area (Å²) in [6.07, 6.45) is 0. The average Bonchev–Trinajstić information content (AvgIpc) is 3.22. The van der Waals surface area contributed by atoms with Crippen molar-refractivity contribution >= 4 is 44.1 Å². The number of pyridine rings is 1. The maximum Gasteiger partial charge on any atom is 0.265 e. The second kappa shape index (κ2) is 8.08. The molecule has 0 bridgehead atoms. The van der Waals surface area contributed by atoms with E-state index in [1.807, 2.05) is 84.9 Å². The van der Waals surface area contributed by atoms with Crippen LogP contribution in [-0.4, -0.2) is 18.0 Å². The van der Waals surface area contributed by atoms with Crippen molar-refractivity contribution in [3.63, 3.8) is 0 Å². The number of para-hydroxylation sites is 1. The molecule has 2 heterocycles. The summed E-state index contributed by atoms with van der Waals surface area (Å²) in [5.41, 5.74) is 1.54. The van der Waals surface area contributed by atoms with Crippen molar-refractivity contribution in [3.8, 4) is 17.2 Å². The topological polar surface area (TPSA) is 60.5 Å². The van der Waals surface area contributed by atoms with Crippen LogP contribution in [0.3, 0.4) is 0 Å². The van der Waals surface area contributed by atoms with E-state index < -0.39 is 0 Å². The molecule has 0 radical (unpaired) electrons. The predicted molar refractivity (Wildman–Crippen MR) is 125 cm³/mol. The van der Waals surface area contributed by atoms with Gasteiger partial charge in [-0.05, 0) is 60.7 Å². The monoisotopic (exact) mass is 426 g/mol. The van der Waals surface area contributed by atoms with Gasteiger partial charge < -0.3 is 14.8 Å². The summed E-state index contributed by atoms with van der Waals surface area (Å²) < 4.78 is 11.1. The highest BCUT2D eigenvalue weighted by molar-refractivity contribution is 7.20. The van der Waals surface area contributed by atoms with Gasteiger partial charge in [0.15, 0.2) is 0 Å². The molecule has 0 saturated carbocycles. The first-order valence-corrected chi connectivity index (χ1v) is 10.5. The van der Waals surface area contributed by atoms with Crippen LogP contribution in [0, 0.1) is 0 Å². The molecule has 0 aliphatic rings. The Hall–Kier alpha value is -3.90. The maximum atomic E-state index is 12.8. The van der Waals surface area contributed by atoms with E-state index in [1.54, 1.807) is 7.11 Å². The third-order valence-corrected chi connectivity index (χ3v) is 5.87. The van der Waals surface area contributed by atoms with Crippen LogP contribution in [0.15, 0.2) is 84.9 Å². The zero-order chi connectivity index (χ0) is 21.2. The third-order valence-electron chi connectivity index (χ3n) is 4.83. The van der Waals surface area contributed by atoms with Gasteiger partial charge in [0.1, 0.15) is 22.1 Å². The van der Waals surface area contributed by atoms with Gasteiger partial charge in [-0.1, -0.05) is 18.2 Å². The van der Waals surface area contributed by atoms with Crippen LogP contribution >= 0.6 is 11.3 Å². The first kappa shape index (κ1) is 19.1. The fraction of sp³-hybridized carbons (Fsp3) is 0.0400. The van der Waals surface area contributed by atoms with Crippen molar-refractivity contribution in [1.82, 2.24) is 4.98 Å². The molecule has 0 atom stereocenters. The highest BCUT2D eigenvalue weighted by Gasteiger charge is 2.13. The van der Waals surface area contributed by atoms with Gasteiger partial charge in [0.2, 0.25) is 0 Å². The lowest BCUT2D eigenvalue weighted by molar-refractivity contribution is 0.103. The molecule has 31 heavy (non-hydrogen) atoms. The summed E-state index contributed by atoms with van der Waals surface area (Å²) >= 11 is 1.37. The van der Waals surface area contributed by atoms with E-state index in [-0.39, 0.29) is 5.91 Å². The molecule has 0 saturated heterocycles. The second-order valence-electron chi connectivity index (χ2n) is 6.95. The van der Waals surface area contributed by atoms with Crippen LogP contribution in [0.5, 0.6) is 17.2 Å². The minimum absolute atomic E-state index is 0.165. The summed E-state index contributed by atoms with van der Waals surface area (Å²) in [7, 11) is 1.63. The Morgan fingerprint density at radius 1 is 0.839 bits per heavy atom. The lowest BCUT2D eigenvalue weighted by Gasteiger charge is -2.07. The third kappa shape index (κ3) is 4.06. The molecule has 0 unspecified atom stereocenters. The van der Waals surface area contributed by atoms with Crippen molar-refractivity contribution in [2.45, 2.75) is 0 Å². The Morgan fingerprint density at radius 3 is 2.35 bits per heavy atom. The molecule has 1 N–H and O–H groups in total. The average molecular weight is 426 g/mol. The molecule has 152 valence electrons. The molecule has 0 aliphatic carbocycles. The number of hydrogen-bond donors (Lipinski definition) is 1. The molecule has 5 nitrogen and oxygen atoms in total. The summed E-state index contributed by atoms with van der Waals surface area (Å²) in [4.78, 5) is 18.9. The Bertz CT molecular complexity index is 1380. The van der Waals surface area contributed by atoms with Crippen molar-refractivity contribution in [2.75, 3.05) is 12.4 Å². The molecule has 1 amide bonds. The van der Waals surface area contributed by atoms with Gasteiger partial charge in [-0.25, -0.2) is 4.98 Å². The molecule has 3 aromatic carbocycles. The molecule has 5 rings (SSSR count). The van der Waals surface area contributed by atoms with E-state index in [4.69, 9.17) is 9.47 Å². The molecule has 5 aromatic rings. The number of hydrogen-bond acceptors (Lipinski definition) is 5. The van der Waals surface area contributed by atoms with Gasteiger partial charge in [-0.2, -0.15) is 0 Å².